The smallest absolute Gasteiger partial charge is 0.141 e. The standard InChI is InChI=1S/C10H17N5/c1-15-5-3-9(7-15)13-8-2-4-12-10(6-8)14-11/h2,4,6,9H,3,5,7,11H2,1H3,(H2,12,13,14). The van der Waals surface area contributed by atoms with E-state index in [1.54, 1.807) is 6.20 Å². The molecule has 1 aliphatic rings. The summed E-state index contributed by atoms with van der Waals surface area (Å²) in [6.45, 7) is 2.25. The molecule has 0 aromatic carbocycles. The van der Waals surface area contributed by atoms with Gasteiger partial charge in [0.05, 0.1) is 0 Å². The first-order valence-electron chi connectivity index (χ1n) is 5.15. The summed E-state index contributed by atoms with van der Waals surface area (Å²) in [6, 6.07) is 4.40. The number of anilines is 2. The first-order valence-corrected chi connectivity index (χ1v) is 5.15. The molecule has 0 spiro atoms. The van der Waals surface area contributed by atoms with Crippen LogP contribution in [-0.4, -0.2) is 36.1 Å². The lowest BCUT2D eigenvalue weighted by Gasteiger charge is -2.14. The number of pyridine rings is 1. The van der Waals surface area contributed by atoms with E-state index in [-0.39, 0.29) is 0 Å². The largest absolute Gasteiger partial charge is 0.381 e. The molecule has 1 aliphatic heterocycles. The van der Waals surface area contributed by atoms with Gasteiger partial charge in [0.15, 0.2) is 0 Å². The fourth-order valence-corrected chi connectivity index (χ4v) is 1.89. The van der Waals surface area contributed by atoms with E-state index >= 15 is 0 Å². The Morgan fingerprint density at radius 2 is 2.47 bits per heavy atom. The minimum absolute atomic E-state index is 0.531. The number of aromatic nitrogens is 1. The van der Waals surface area contributed by atoms with Crippen molar-refractivity contribution in [3.8, 4) is 0 Å². The fourth-order valence-electron chi connectivity index (χ4n) is 1.89. The highest BCUT2D eigenvalue weighted by atomic mass is 15.2. The van der Waals surface area contributed by atoms with E-state index in [9.17, 15) is 0 Å². The second-order valence-corrected chi connectivity index (χ2v) is 3.97. The second kappa shape index (κ2) is 4.46. The number of nitrogens with one attached hydrogen (secondary N) is 2. The van der Waals surface area contributed by atoms with Crippen LogP contribution in [0.1, 0.15) is 6.42 Å². The second-order valence-electron chi connectivity index (χ2n) is 3.97. The number of hydrogen-bond acceptors (Lipinski definition) is 5. The molecular formula is C10H17N5. The molecule has 5 nitrogen and oxygen atoms in total. The van der Waals surface area contributed by atoms with Crippen molar-refractivity contribution in [1.29, 1.82) is 0 Å². The number of likely N-dealkylation sites (N-methyl/N-ethyl adjacent to an activating group) is 1. The monoisotopic (exact) mass is 207 g/mol. The molecule has 1 aromatic heterocycles. The van der Waals surface area contributed by atoms with Crippen molar-refractivity contribution in [2.75, 3.05) is 30.9 Å². The average molecular weight is 207 g/mol. The summed E-state index contributed by atoms with van der Waals surface area (Å²) in [5.74, 6) is 5.99. The molecule has 1 saturated heterocycles. The molecule has 1 atom stereocenters. The van der Waals surface area contributed by atoms with Crippen LogP contribution < -0.4 is 16.6 Å². The van der Waals surface area contributed by atoms with Gasteiger partial charge in [-0.1, -0.05) is 0 Å². The van der Waals surface area contributed by atoms with Gasteiger partial charge < -0.3 is 15.6 Å². The molecule has 2 heterocycles. The molecule has 4 N–H and O–H groups in total. The topological polar surface area (TPSA) is 66.2 Å². The third kappa shape index (κ3) is 2.57. The van der Waals surface area contributed by atoms with Crippen LogP contribution >= 0.6 is 0 Å². The van der Waals surface area contributed by atoms with Crippen LogP contribution in [0.4, 0.5) is 11.5 Å². The van der Waals surface area contributed by atoms with Crippen molar-refractivity contribution < 1.29 is 0 Å². The van der Waals surface area contributed by atoms with Crippen molar-refractivity contribution >= 4 is 11.5 Å². The van der Waals surface area contributed by atoms with Gasteiger partial charge in [0.2, 0.25) is 0 Å². The van der Waals surface area contributed by atoms with Crippen LogP contribution in [0.25, 0.3) is 0 Å². The molecule has 1 unspecified atom stereocenters. The van der Waals surface area contributed by atoms with Crippen LogP contribution in [0, 0.1) is 0 Å². The maximum absolute atomic E-state index is 5.30. The predicted molar refractivity (Wildman–Crippen MR) is 61.6 cm³/mol. The van der Waals surface area contributed by atoms with Gasteiger partial charge >= 0.3 is 0 Å². The van der Waals surface area contributed by atoms with E-state index in [2.05, 4.69) is 27.7 Å². The number of likely N-dealkylation sites (tertiary alicyclic amines) is 1. The molecule has 0 aliphatic carbocycles. The molecule has 0 radical (unpaired) electrons. The summed E-state index contributed by atoms with van der Waals surface area (Å²) in [5.41, 5.74) is 3.61. The predicted octanol–water partition coefficient (Wildman–Crippen LogP) is 0.483. The van der Waals surface area contributed by atoms with E-state index < -0.39 is 0 Å². The molecule has 5 heteroatoms. The van der Waals surface area contributed by atoms with Crippen LogP contribution in [0.5, 0.6) is 0 Å². The summed E-state index contributed by atoms with van der Waals surface area (Å²) < 4.78 is 0. The zero-order valence-electron chi connectivity index (χ0n) is 8.90. The SMILES string of the molecule is CN1CCC(Nc2ccnc(NN)c2)C1. The van der Waals surface area contributed by atoms with E-state index in [4.69, 9.17) is 5.84 Å². The first kappa shape index (κ1) is 10.2. The third-order valence-electron chi connectivity index (χ3n) is 2.67. The van der Waals surface area contributed by atoms with Crippen molar-refractivity contribution in [2.45, 2.75) is 12.5 Å². The van der Waals surface area contributed by atoms with Crippen LogP contribution in [0.2, 0.25) is 0 Å². The van der Waals surface area contributed by atoms with Crippen LogP contribution in [0.3, 0.4) is 0 Å². The number of hydrazine groups is 1. The lowest BCUT2D eigenvalue weighted by Crippen LogP contribution is -2.23. The summed E-state index contributed by atoms with van der Waals surface area (Å²) in [4.78, 5) is 6.38. The number of nitrogens with zero attached hydrogens (tertiary/aromatic N) is 2. The number of rotatable bonds is 3. The summed E-state index contributed by atoms with van der Waals surface area (Å²) in [7, 11) is 2.14. The van der Waals surface area contributed by atoms with Crippen LogP contribution in [-0.2, 0) is 0 Å². The Hall–Kier alpha value is -1.33. The van der Waals surface area contributed by atoms with Crippen molar-refractivity contribution in [3.05, 3.63) is 18.3 Å². The zero-order valence-corrected chi connectivity index (χ0v) is 8.90. The Labute approximate surface area is 89.6 Å². The van der Waals surface area contributed by atoms with Gasteiger partial charge in [-0.3, -0.25) is 0 Å². The maximum Gasteiger partial charge on any atom is 0.141 e. The van der Waals surface area contributed by atoms with Gasteiger partial charge in [-0.2, -0.15) is 0 Å². The summed E-state index contributed by atoms with van der Waals surface area (Å²) in [6.07, 6.45) is 2.93. The number of hydrogen-bond donors (Lipinski definition) is 3. The Kier molecular flexibility index (Phi) is 3.03. The molecule has 0 amide bonds. The van der Waals surface area contributed by atoms with Gasteiger partial charge in [0.1, 0.15) is 5.82 Å². The van der Waals surface area contributed by atoms with Crippen molar-refractivity contribution in [3.63, 3.8) is 0 Å². The molecule has 1 aromatic rings. The van der Waals surface area contributed by atoms with E-state index in [1.165, 1.54) is 6.42 Å². The maximum atomic E-state index is 5.30. The highest BCUT2D eigenvalue weighted by Crippen LogP contribution is 2.16. The van der Waals surface area contributed by atoms with Gasteiger partial charge in [-0.25, -0.2) is 10.8 Å². The third-order valence-corrected chi connectivity index (χ3v) is 2.67. The zero-order chi connectivity index (χ0) is 10.7. The quantitative estimate of drug-likeness (QED) is 0.497. The lowest BCUT2D eigenvalue weighted by molar-refractivity contribution is 0.414. The fraction of sp³-hybridized carbons (Fsp3) is 0.500. The van der Waals surface area contributed by atoms with E-state index in [0.717, 1.165) is 18.8 Å². The Morgan fingerprint density at radius 1 is 1.60 bits per heavy atom. The minimum atomic E-state index is 0.531. The van der Waals surface area contributed by atoms with Gasteiger partial charge in [0.25, 0.3) is 0 Å². The van der Waals surface area contributed by atoms with E-state index in [0.29, 0.717) is 11.9 Å². The molecule has 1 fully saturated rings. The number of nitrogens with two attached hydrogens (primary N) is 1. The molecule has 0 bridgehead atoms. The van der Waals surface area contributed by atoms with Gasteiger partial charge in [-0.15, -0.1) is 0 Å². The minimum Gasteiger partial charge on any atom is -0.381 e. The molecule has 0 saturated carbocycles. The number of nitrogen functional groups attached to an aromatic ring is 1. The lowest BCUT2D eigenvalue weighted by atomic mass is 10.2. The molecule has 15 heavy (non-hydrogen) atoms. The Morgan fingerprint density at radius 3 is 3.13 bits per heavy atom. The highest BCUT2D eigenvalue weighted by Gasteiger charge is 2.18. The molecular weight excluding hydrogens is 190 g/mol. The molecule has 2 rings (SSSR count). The Balaban J connectivity index is 1.98. The van der Waals surface area contributed by atoms with E-state index in [1.807, 2.05) is 12.1 Å². The van der Waals surface area contributed by atoms with Crippen molar-refractivity contribution in [2.24, 2.45) is 5.84 Å². The Bertz CT molecular complexity index is 327. The van der Waals surface area contributed by atoms with Gasteiger partial charge in [0, 0.05) is 30.5 Å². The van der Waals surface area contributed by atoms with Crippen LogP contribution in [0.15, 0.2) is 18.3 Å². The molecule has 82 valence electrons. The summed E-state index contributed by atoms with van der Waals surface area (Å²) in [5, 5.41) is 3.47. The van der Waals surface area contributed by atoms with Gasteiger partial charge in [-0.05, 0) is 26.1 Å². The van der Waals surface area contributed by atoms with Crippen molar-refractivity contribution in [1.82, 2.24) is 9.88 Å². The normalized spacial score (nSPS) is 21.6. The summed E-state index contributed by atoms with van der Waals surface area (Å²) >= 11 is 0. The average Bonchev–Trinajstić information content (AvgIpc) is 2.64. The highest BCUT2D eigenvalue weighted by molar-refractivity contribution is 5.51. The first-order chi connectivity index (χ1) is 7.28.